The minimum atomic E-state index is 0.0326. The maximum absolute atomic E-state index is 12.0. The van der Waals surface area contributed by atoms with Gasteiger partial charge in [-0.2, -0.15) is 0 Å². The molecule has 112 valence electrons. The molecule has 0 unspecified atom stereocenters. The second kappa shape index (κ2) is 6.67. The van der Waals surface area contributed by atoms with E-state index in [1.807, 2.05) is 48.7 Å². The Bertz CT molecular complexity index is 794. The first-order valence-electron chi connectivity index (χ1n) is 7.29. The van der Waals surface area contributed by atoms with Crippen LogP contribution < -0.4 is 5.32 Å². The molecule has 2 aromatic carbocycles. The van der Waals surface area contributed by atoms with Crippen molar-refractivity contribution < 1.29 is 4.79 Å². The van der Waals surface area contributed by atoms with Gasteiger partial charge < -0.3 is 10.3 Å². The maximum Gasteiger partial charge on any atom is 0.220 e. The van der Waals surface area contributed by atoms with Gasteiger partial charge in [0.2, 0.25) is 5.91 Å². The number of carbonyl (C=O) groups excluding carboxylic acids is 1. The highest BCUT2D eigenvalue weighted by Gasteiger charge is 2.07. The van der Waals surface area contributed by atoms with E-state index in [1.165, 1.54) is 10.9 Å². The number of aromatic nitrogens is 1. The van der Waals surface area contributed by atoms with E-state index in [4.69, 9.17) is 11.6 Å². The number of halogens is 1. The maximum atomic E-state index is 12.0. The van der Waals surface area contributed by atoms with Gasteiger partial charge in [-0.15, -0.1) is 0 Å². The van der Waals surface area contributed by atoms with Gasteiger partial charge in [0.1, 0.15) is 0 Å². The van der Waals surface area contributed by atoms with Crippen LogP contribution in [0.1, 0.15) is 17.5 Å². The predicted molar refractivity (Wildman–Crippen MR) is 89.9 cm³/mol. The van der Waals surface area contributed by atoms with Crippen LogP contribution in [-0.4, -0.2) is 10.9 Å². The quantitative estimate of drug-likeness (QED) is 0.733. The second-order valence-electron chi connectivity index (χ2n) is 5.23. The molecule has 0 radical (unpaired) electrons. The molecule has 3 aromatic rings. The van der Waals surface area contributed by atoms with E-state index < -0.39 is 0 Å². The third-order valence-corrected chi connectivity index (χ3v) is 4.10. The fraction of sp³-hybridized carbons (Fsp3) is 0.167. The van der Waals surface area contributed by atoms with Crippen LogP contribution in [0.2, 0.25) is 5.02 Å². The van der Waals surface area contributed by atoms with Crippen LogP contribution in [0, 0.1) is 0 Å². The first kappa shape index (κ1) is 14.7. The molecule has 3 nitrogen and oxygen atoms in total. The Hall–Kier alpha value is -2.26. The third kappa shape index (κ3) is 3.31. The number of rotatable bonds is 5. The summed E-state index contributed by atoms with van der Waals surface area (Å²) < 4.78 is 0. The summed E-state index contributed by atoms with van der Waals surface area (Å²) in [5.74, 6) is 0.0326. The predicted octanol–water partition coefficient (Wildman–Crippen LogP) is 4.07. The van der Waals surface area contributed by atoms with Crippen LogP contribution >= 0.6 is 11.6 Å². The molecule has 0 saturated heterocycles. The van der Waals surface area contributed by atoms with E-state index >= 15 is 0 Å². The number of hydrogen-bond donors (Lipinski definition) is 2. The lowest BCUT2D eigenvalue weighted by Gasteiger charge is -2.06. The molecule has 1 aromatic heterocycles. The number of aromatic amines is 1. The fourth-order valence-electron chi connectivity index (χ4n) is 2.51. The van der Waals surface area contributed by atoms with E-state index in [2.05, 4.69) is 16.4 Å². The van der Waals surface area contributed by atoms with Crippen LogP contribution in [0.25, 0.3) is 10.9 Å². The highest BCUT2D eigenvalue weighted by Crippen LogP contribution is 2.19. The second-order valence-corrected chi connectivity index (χ2v) is 5.63. The number of hydrogen-bond acceptors (Lipinski definition) is 1. The summed E-state index contributed by atoms with van der Waals surface area (Å²) in [4.78, 5) is 15.2. The van der Waals surface area contributed by atoms with Gasteiger partial charge in [-0.3, -0.25) is 4.79 Å². The molecule has 0 aliphatic rings. The Balaban J connectivity index is 1.55. The van der Waals surface area contributed by atoms with Gasteiger partial charge in [0.05, 0.1) is 0 Å². The van der Waals surface area contributed by atoms with Crippen LogP contribution in [0.15, 0.2) is 54.7 Å². The SMILES string of the molecule is O=C(CCc1c[nH]c2ccccc12)NCc1ccccc1Cl. The summed E-state index contributed by atoms with van der Waals surface area (Å²) in [5, 5.41) is 4.78. The zero-order chi connectivity index (χ0) is 15.4. The van der Waals surface area contributed by atoms with Gasteiger partial charge >= 0.3 is 0 Å². The number of para-hydroxylation sites is 1. The number of amides is 1. The minimum absolute atomic E-state index is 0.0326. The number of fused-ring (bicyclic) bond motifs is 1. The summed E-state index contributed by atoms with van der Waals surface area (Å²) in [6, 6.07) is 15.7. The molecule has 4 heteroatoms. The minimum Gasteiger partial charge on any atom is -0.361 e. The Morgan fingerprint density at radius 1 is 1.05 bits per heavy atom. The lowest BCUT2D eigenvalue weighted by molar-refractivity contribution is -0.121. The molecular formula is C18H17ClN2O. The van der Waals surface area contributed by atoms with Crippen molar-refractivity contribution in [2.24, 2.45) is 0 Å². The van der Waals surface area contributed by atoms with Crippen molar-refractivity contribution in [3.63, 3.8) is 0 Å². The summed E-state index contributed by atoms with van der Waals surface area (Å²) in [5.41, 5.74) is 3.21. The van der Waals surface area contributed by atoms with Gasteiger partial charge in [-0.05, 0) is 29.7 Å². The van der Waals surface area contributed by atoms with Crippen molar-refractivity contribution in [2.75, 3.05) is 0 Å². The molecular weight excluding hydrogens is 296 g/mol. The first-order chi connectivity index (χ1) is 10.7. The van der Waals surface area contributed by atoms with Crippen LogP contribution in [0.4, 0.5) is 0 Å². The van der Waals surface area contributed by atoms with Crippen molar-refractivity contribution in [1.82, 2.24) is 10.3 Å². The highest BCUT2D eigenvalue weighted by atomic mass is 35.5. The summed E-state index contributed by atoms with van der Waals surface area (Å²) in [7, 11) is 0. The number of benzene rings is 2. The largest absolute Gasteiger partial charge is 0.361 e. The standard InChI is InChI=1S/C18H17ClN2O/c19-16-7-3-1-5-14(16)12-21-18(22)10-9-13-11-20-17-8-4-2-6-15(13)17/h1-8,11,20H,9-10,12H2,(H,21,22). The molecule has 0 aliphatic carbocycles. The molecule has 1 amide bonds. The number of H-pyrrole nitrogens is 1. The van der Waals surface area contributed by atoms with Gasteiger partial charge in [-0.25, -0.2) is 0 Å². The fourth-order valence-corrected chi connectivity index (χ4v) is 2.71. The Kier molecular flexibility index (Phi) is 4.45. The van der Waals surface area contributed by atoms with Crippen molar-refractivity contribution in [1.29, 1.82) is 0 Å². The van der Waals surface area contributed by atoms with E-state index in [0.29, 0.717) is 18.0 Å². The van der Waals surface area contributed by atoms with E-state index in [0.717, 1.165) is 17.5 Å². The average Bonchev–Trinajstić information content (AvgIpc) is 2.95. The molecule has 3 rings (SSSR count). The highest BCUT2D eigenvalue weighted by molar-refractivity contribution is 6.31. The third-order valence-electron chi connectivity index (χ3n) is 3.73. The summed E-state index contributed by atoms with van der Waals surface area (Å²) in [6.45, 7) is 0.465. The molecule has 0 saturated carbocycles. The van der Waals surface area contributed by atoms with Gasteiger partial charge in [-0.1, -0.05) is 48.0 Å². The number of nitrogens with one attached hydrogen (secondary N) is 2. The van der Waals surface area contributed by atoms with Crippen LogP contribution in [0.5, 0.6) is 0 Å². The van der Waals surface area contributed by atoms with Gasteiger partial charge in [0.15, 0.2) is 0 Å². The van der Waals surface area contributed by atoms with Crippen LogP contribution in [0.3, 0.4) is 0 Å². The Morgan fingerprint density at radius 3 is 2.68 bits per heavy atom. The molecule has 1 heterocycles. The lowest BCUT2D eigenvalue weighted by Crippen LogP contribution is -2.23. The lowest BCUT2D eigenvalue weighted by atomic mass is 10.1. The molecule has 22 heavy (non-hydrogen) atoms. The topological polar surface area (TPSA) is 44.9 Å². The Morgan fingerprint density at radius 2 is 1.82 bits per heavy atom. The smallest absolute Gasteiger partial charge is 0.220 e. The monoisotopic (exact) mass is 312 g/mol. The van der Waals surface area contributed by atoms with Crippen molar-refractivity contribution >= 4 is 28.4 Å². The molecule has 0 bridgehead atoms. The normalized spacial score (nSPS) is 10.8. The molecule has 0 aliphatic heterocycles. The first-order valence-corrected chi connectivity index (χ1v) is 7.67. The van der Waals surface area contributed by atoms with Gasteiger partial charge in [0, 0.05) is 35.1 Å². The Labute approximate surface area is 134 Å². The molecule has 0 fully saturated rings. The zero-order valence-electron chi connectivity index (χ0n) is 12.1. The zero-order valence-corrected chi connectivity index (χ0v) is 12.9. The van der Waals surface area contributed by atoms with Crippen molar-refractivity contribution in [3.8, 4) is 0 Å². The van der Waals surface area contributed by atoms with Crippen molar-refractivity contribution in [2.45, 2.75) is 19.4 Å². The molecule has 2 N–H and O–H groups in total. The number of carbonyl (C=O) groups is 1. The average molecular weight is 313 g/mol. The van der Waals surface area contributed by atoms with E-state index in [9.17, 15) is 4.79 Å². The molecule has 0 spiro atoms. The molecule has 0 atom stereocenters. The summed E-state index contributed by atoms with van der Waals surface area (Å²) >= 11 is 6.08. The van der Waals surface area contributed by atoms with Gasteiger partial charge in [0.25, 0.3) is 0 Å². The number of aryl methyl sites for hydroxylation is 1. The van der Waals surface area contributed by atoms with E-state index in [1.54, 1.807) is 0 Å². The summed E-state index contributed by atoms with van der Waals surface area (Å²) in [6.07, 6.45) is 3.16. The van der Waals surface area contributed by atoms with Crippen molar-refractivity contribution in [3.05, 3.63) is 70.9 Å². The van der Waals surface area contributed by atoms with Crippen LogP contribution in [-0.2, 0) is 17.8 Å². The van der Waals surface area contributed by atoms with E-state index in [-0.39, 0.29) is 5.91 Å².